The van der Waals surface area contributed by atoms with Gasteiger partial charge in [0.25, 0.3) is 5.91 Å². The standard InChI is InChI=1S/C33H33N3O3S/c1-6-35(7-2)25-15-13-23(14-16-25)28-27(30(38)33(39)36(28)26-18-20(3)17-21(4)19-26)29(37)31-22(5)34-32(40-31)24-11-9-8-10-12-24/h8-19,28,38H,6-7H2,1-5H3. The van der Waals surface area contributed by atoms with Gasteiger partial charge in [-0.2, -0.15) is 0 Å². The van der Waals surface area contributed by atoms with Gasteiger partial charge in [-0.25, -0.2) is 4.98 Å². The minimum absolute atomic E-state index is 0.0751. The zero-order valence-corrected chi connectivity index (χ0v) is 24.2. The summed E-state index contributed by atoms with van der Waals surface area (Å²) in [5, 5.41) is 12.0. The number of Topliss-reactive ketones (excluding diaryl/α,β-unsaturated/α-hetero) is 1. The first-order valence-corrected chi connectivity index (χ1v) is 14.3. The van der Waals surface area contributed by atoms with Gasteiger partial charge in [0, 0.05) is 30.0 Å². The van der Waals surface area contributed by atoms with E-state index in [1.165, 1.54) is 11.3 Å². The molecule has 1 atom stereocenters. The average Bonchev–Trinajstić information content (AvgIpc) is 3.46. The van der Waals surface area contributed by atoms with E-state index in [1.54, 1.807) is 11.8 Å². The molecule has 0 aliphatic carbocycles. The number of rotatable bonds is 8. The highest BCUT2D eigenvalue weighted by atomic mass is 32.1. The molecular formula is C33H33N3O3S. The molecule has 0 spiro atoms. The Labute approximate surface area is 239 Å². The van der Waals surface area contributed by atoms with E-state index in [4.69, 9.17) is 0 Å². The maximum Gasteiger partial charge on any atom is 0.294 e. The van der Waals surface area contributed by atoms with Gasteiger partial charge in [0.05, 0.1) is 22.2 Å². The molecule has 1 aliphatic heterocycles. The number of thiazole rings is 1. The van der Waals surface area contributed by atoms with E-state index in [9.17, 15) is 14.7 Å². The Kier molecular flexibility index (Phi) is 7.59. The highest BCUT2D eigenvalue weighted by Gasteiger charge is 2.45. The van der Waals surface area contributed by atoms with Crippen LogP contribution in [0.3, 0.4) is 0 Å². The van der Waals surface area contributed by atoms with Crippen molar-refractivity contribution in [3.63, 3.8) is 0 Å². The van der Waals surface area contributed by atoms with Crippen LogP contribution < -0.4 is 9.80 Å². The van der Waals surface area contributed by atoms with Crippen molar-refractivity contribution in [3.05, 3.63) is 111 Å². The summed E-state index contributed by atoms with van der Waals surface area (Å²) in [5.74, 6) is -1.49. The summed E-state index contributed by atoms with van der Waals surface area (Å²) < 4.78 is 0. The predicted molar refractivity (Wildman–Crippen MR) is 162 cm³/mol. The fourth-order valence-corrected chi connectivity index (χ4v) is 6.42. The highest BCUT2D eigenvalue weighted by molar-refractivity contribution is 7.17. The number of aliphatic hydroxyl groups excluding tert-OH is 1. The Hall–Kier alpha value is -4.23. The number of benzene rings is 3. The number of nitrogens with zero attached hydrogens (tertiary/aromatic N) is 3. The molecule has 3 aromatic carbocycles. The molecule has 4 aromatic rings. The van der Waals surface area contributed by atoms with E-state index < -0.39 is 17.7 Å². The molecule has 7 heteroatoms. The summed E-state index contributed by atoms with van der Waals surface area (Å²) >= 11 is 1.28. The number of aromatic nitrogens is 1. The molecule has 0 radical (unpaired) electrons. The lowest BCUT2D eigenvalue weighted by Crippen LogP contribution is -2.31. The molecule has 1 aromatic heterocycles. The van der Waals surface area contributed by atoms with E-state index in [2.05, 4.69) is 23.7 Å². The summed E-state index contributed by atoms with van der Waals surface area (Å²) in [6.07, 6.45) is 0. The molecule has 40 heavy (non-hydrogen) atoms. The van der Waals surface area contributed by atoms with Crippen LogP contribution in [0.25, 0.3) is 10.6 Å². The molecule has 1 N–H and O–H groups in total. The third-order valence-corrected chi connectivity index (χ3v) is 8.50. The number of anilines is 2. The number of hydrogen-bond donors (Lipinski definition) is 1. The second-order valence-corrected chi connectivity index (χ2v) is 11.1. The predicted octanol–water partition coefficient (Wildman–Crippen LogP) is 7.36. The van der Waals surface area contributed by atoms with Gasteiger partial charge in [0.15, 0.2) is 5.76 Å². The Morgan fingerprint density at radius 2 is 1.57 bits per heavy atom. The maximum atomic E-state index is 14.2. The molecule has 204 valence electrons. The van der Waals surface area contributed by atoms with Crippen molar-refractivity contribution in [3.8, 4) is 10.6 Å². The van der Waals surface area contributed by atoms with E-state index in [0.717, 1.165) is 46.0 Å². The van der Waals surface area contributed by atoms with Crippen LogP contribution in [0.2, 0.25) is 0 Å². The van der Waals surface area contributed by atoms with Crippen LogP contribution in [0.4, 0.5) is 11.4 Å². The van der Waals surface area contributed by atoms with Crippen molar-refractivity contribution in [2.24, 2.45) is 0 Å². The molecule has 1 unspecified atom stereocenters. The Morgan fingerprint density at radius 1 is 0.950 bits per heavy atom. The molecule has 2 heterocycles. The molecular weight excluding hydrogens is 518 g/mol. The van der Waals surface area contributed by atoms with Crippen molar-refractivity contribution in [2.75, 3.05) is 22.9 Å². The van der Waals surface area contributed by atoms with E-state index in [0.29, 0.717) is 16.3 Å². The maximum absolute atomic E-state index is 14.2. The normalized spacial score (nSPS) is 15.2. The summed E-state index contributed by atoms with van der Waals surface area (Å²) in [6.45, 7) is 11.7. The first kappa shape index (κ1) is 27.3. The number of hydrogen-bond acceptors (Lipinski definition) is 6. The van der Waals surface area contributed by atoms with Crippen molar-refractivity contribution in [1.29, 1.82) is 0 Å². The fourth-order valence-electron chi connectivity index (χ4n) is 5.40. The molecule has 1 amide bonds. The SMILES string of the molecule is CCN(CC)c1ccc(C2C(C(=O)c3sc(-c4ccccc4)nc3C)=C(O)C(=O)N2c2cc(C)cc(C)c2)cc1. The largest absolute Gasteiger partial charge is 0.503 e. The van der Waals surface area contributed by atoms with Crippen LogP contribution in [0, 0.1) is 20.8 Å². The average molecular weight is 552 g/mol. The fraction of sp³-hybridized carbons (Fsp3) is 0.242. The van der Waals surface area contributed by atoms with Crippen LogP contribution in [-0.4, -0.2) is 34.9 Å². The molecule has 1 aliphatic rings. The lowest BCUT2D eigenvalue weighted by Gasteiger charge is -2.28. The number of aryl methyl sites for hydroxylation is 3. The van der Waals surface area contributed by atoms with Gasteiger partial charge in [-0.15, -0.1) is 11.3 Å². The Bertz CT molecular complexity index is 1580. The molecule has 0 bridgehead atoms. The van der Waals surface area contributed by atoms with E-state index >= 15 is 0 Å². The Morgan fingerprint density at radius 3 is 2.17 bits per heavy atom. The van der Waals surface area contributed by atoms with Gasteiger partial charge >= 0.3 is 0 Å². The molecule has 0 saturated heterocycles. The first-order valence-electron chi connectivity index (χ1n) is 13.5. The van der Waals surface area contributed by atoms with Crippen molar-refractivity contribution >= 4 is 34.4 Å². The van der Waals surface area contributed by atoms with Gasteiger partial charge in [-0.3, -0.25) is 14.5 Å². The van der Waals surface area contributed by atoms with E-state index in [1.807, 2.05) is 86.6 Å². The molecule has 6 nitrogen and oxygen atoms in total. The summed E-state index contributed by atoms with van der Waals surface area (Å²) in [5.41, 5.74) is 5.99. The molecule has 0 saturated carbocycles. The zero-order valence-electron chi connectivity index (χ0n) is 23.4. The van der Waals surface area contributed by atoms with Crippen LogP contribution in [0.1, 0.15) is 51.9 Å². The number of aliphatic hydroxyl groups is 1. The lowest BCUT2D eigenvalue weighted by atomic mass is 9.94. The van der Waals surface area contributed by atoms with Crippen LogP contribution >= 0.6 is 11.3 Å². The number of amides is 1. The van der Waals surface area contributed by atoms with Crippen LogP contribution in [-0.2, 0) is 4.79 Å². The van der Waals surface area contributed by atoms with Crippen molar-refractivity contribution in [2.45, 2.75) is 40.7 Å². The molecule has 5 rings (SSSR count). The summed E-state index contributed by atoms with van der Waals surface area (Å²) in [6, 6.07) is 22.7. The summed E-state index contributed by atoms with van der Waals surface area (Å²) in [4.78, 5) is 36.7. The van der Waals surface area contributed by atoms with Crippen molar-refractivity contribution in [1.82, 2.24) is 4.98 Å². The number of ketones is 1. The minimum atomic E-state index is -0.784. The van der Waals surface area contributed by atoms with Gasteiger partial charge in [0.1, 0.15) is 5.01 Å². The monoisotopic (exact) mass is 551 g/mol. The summed E-state index contributed by atoms with van der Waals surface area (Å²) in [7, 11) is 0. The lowest BCUT2D eigenvalue weighted by molar-refractivity contribution is -0.117. The number of carbonyl (C=O) groups excluding carboxylic acids is 2. The highest BCUT2D eigenvalue weighted by Crippen LogP contribution is 2.44. The van der Waals surface area contributed by atoms with Gasteiger partial charge < -0.3 is 10.0 Å². The smallest absolute Gasteiger partial charge is 0.294 e. The zero-order chi connectivity index (χ0) is 28.6. The minimum Gasteiger partial charge on any atom is -0.503 e. The van der Waals surface area contributed by atoms with E-state index in [-0.39, 0.29) is 11.4 Å². The first-order chi connectivity index (χ1) is 19.2. The topological polar surface area (TPSA) is 73.7 Å². The Balaban J connectivity index is 1.63. The second-order valence-electron chi connectivity index (χ2n) is 10.1. The van der Waals surface area contributed by atoms with Gasteiger partial charge in [-0.1, -0.05) is 48.5 Å². The van der Waals surface area contributed by atoms with Crippen molar-refractivity contribution < 1.29 is 14.7 Å². The van der Waals surface area contributed by atoms with Gasteiger partial charge in [0.2, 0.25) is 5.78 Å². The quantitative estimate of drug-likeness (QED) is 0.232. The van der Waals surface area contributed by atoms with Crippen LogP contribution in [0.15, 0.2) is 84.1 Å². The third kappa shape index (κ3) is 4.93. The third-order valence-electron chi connectivity index (χ3n) is 7.30. The van der Waals surface area contributed by atoms with Gasteiger partial charge in [-0.05, 0) is 75.6 Å². The number of carbonyl (C=O) groups is 2. The second kappa shape index (κ2) is 11.1. The molecule has 0 fully saturated rings. The van der Waals surface area contributed by atoms with Crippen LogP contribution in [0.5, 0.6) is 0 Å².